The molecule has 0 amide bonds. The predicted molar refractivity (Wildman–Crippen MR) is 76.1 cm³/mol. The van der Waals surface area contributed by atoms with Crippen LogP contribution in [0.25, 0.3) is 10.9 Å². The second-order valence-corrected chi connectivity index (χ2v) is 2.93. The van der Waals surface area contributed by atoms with Crippen molar-refractivity contribution in [2.75, 3.05) is 5.73 Å². The quantitative estimate of drug-likeness (QED) is 0.679. The number of halogens is 3. The summed E-state index contributed by atoms with van der Waals surface area (Å²) < 4.78 is 1.89. The van der Waals surface area contributed by atoms with Gasteiger partial charge in [-0.3, -0.25) is 4.68 Å². The zero-order chi connectivity index (χ0) is 9.26. The molecule has 0 saturated heterocycles. The molecule has 16 heavy (non-hydrogen) atoms. The summed E-state index contributed by atoms with van der Waals surface area (Å²) in [5.74, 6) is 0. The average molecular weight is 283 g/mol. The van der Waals surface area contributed by atoms with E-state index in [4.69, 9.17) is 5.73 Å². The van der Waals surface area contributed by atoms with E-state index in [1.807, 2.05) is 35.2 Å². The fourth-order valence-corrected chi connectivity index (χ4v) is 1.37. The number of fused-ring (bicyclic) bond motifs is 1. The van der Waals surface area contributed by atoms with Crippen molar-refractivity contribution in [3.63, 3.8) is 0 Å². The third-order valence-electron chi connectivity index (χ3n) is 1.97. The van der Waals surface area contributed by atoms with Gasteiger partial charge >= 0.3 is 0 Å². The van der Waals surface area contributed by atoms with Crippen molar-refractivity contribution in [2.45, 2.75) is 6.54 Å². The molecule has 0 saturated carbocycles. The maximum atomic E-state index is 5.65. The summed E-state index contributed by atoms with van der Waals surface area (Å²) in [6, 6.07) is 5.77. The molecular weight excluding hydrogens is 268 g/mol. The van der Waals surface area contributed by atoms with Crippen molar-refractivity contribution < 1.29 is 0 Å². The van der Waals surface area contributed by atoms with E-state index in [0.29, 0.717) is 0 Å². The molecule has 0 spiro atoms. The van der Waals surface area contributed by atoms with Crippen LogP contribution < -0.4 is 5.73 Å². The first-order valence-corrected chi connectivity index (χ1v) is 4.13. The highest BCUT2D eigenvalue weighted by Gasteiger charge is 2.00. The number of hydrogen-bond acceptors (Lipinski definition) is 2. The number of nitrogens with zero attached hydrogens (tertiary/aromatic N) is 2. The molecule has 0 aliphatic heterocycles. The molecule has 2 rings (SSSR count). The molecule has 0 aliphatic carbocycles. The maximum Gasteiger partial charge on any atom is 0.0687 e. The fraction of sp³-hybridized carbons (Fsp3) is 0.100. The number of rotatable bonds is 2. The highest BCUT2D eigenvalue weighted by molar-refractivity contribution is 5.86. The minimum absolute atomic E-state index is 0. The Hall–Kier alpha value is -0.900. The van der Waals surface area contributed by atoms with Crippen LogP contribution in [0.4, 0.5) is 5.69 Å². The third-order valence-corrected chi connectivity index (χ3v) is 1.97. The molecule has 0 bridgehead atoms. The zero-order valence-corrected chi connectivity index (χ0v) is 10.9. The van der Waals surface area contributed by atoms with E-state index in [1.165, 1.54) is 0 Å². The molecule has 0 radical (unpaired) electrons. The van der Waals surface area contributed by atoms with E-state index >= 15 is 0 Å². The van der Waals surface area contributed by atoms with Gasteiger partial charge < -0.3 is 5.73 Å². The Balaban J connectivity index is 0. The summed E-state index contributed by atoms with van der Waals surface area (Å²) in [7, 11) is 0. The number of aromatic nitrogens is 2. The summed E-state index contributed by atoms with van der Waals surface area (Å²) in [6.07, 6.45) is 3.64. The second-order valence-electron chi connectivity index (χ2n) is 2.93. The standard InChI is InChI=1S/C10H11N3.3ClH/c1-2-5-13-10-4-3-9(11)6-8(10)7-12-13;;;/h2-4,6-7H,1,5,11H2;3*1H. The van der Waals surface area contributed by atoms with Gasteiger partial charge in [-0.2, -0.15) is 5.10 Å². The first kappa shape index (κ1) is 17.5. The Labute approximate surface area is 113 Å². The summed E-state index contributed by atoms with van der Waals surface area (Å²) in [5.41, 5.74) is 7.51. The molecule has 1 heterocycles. The minimum Gasteiger partial charge on any atom is -0.399 e. The minimum atomic E-state index is 0. The fourth-order valence-electron chi connectivity index (χ4n) is 1.37. The summed E-state index contributed by atoms with van der Waals surface area (Å²) in [5, 5.41) is 5.29. The van der Waals surface area contributed by atoms with Gasteiger partial charge in [-0.25, -0.2) is 0 Å². The normalized spacial score (nSPS) is 8.50. The lowest BCUT2D eigenvalue weighted by Crippen LogP contribution is -1.96. The van der Waals surface area contributed by atoms with Crippen LogP contribution in [0.5, 0.6) is 0 Å². The van der Waals surface area contributed by atoms with Crippen molar-refractivity contribution in [3.05, 3.63) is 37.1 Å². The van der Waals surface area contributed by atoms with Crippen LogP contribution in [0.2, 0.25) is 0 Å². The lowest BCUT2D eigenvalue weighted by atomic mass is 10.2. The summed E-state index contributed by atoms with van der Waals surface area (Å²) in [6.45, 7) is 4.40. The topological polar surface area (TPSA) is 43.8 Å². The first-order valence-electron chi connectivity index (χ1n) is 4.13. The van der Waals surface area contributed by atoms with Crippen molar-refractivity contribution in [1.82, 2.24) is 9.78 Å². The van der Waals surface area contributed by atoms with Crippen LogP contribution in [0, 0.1) is 0 Å². The lowest BCUT2D eigenvalue weighted by Gasteiger charge is -1.98. The first-order chi connectivity index (χ1) is 6.31. The molecule has 0 atom stereocenters. The molecule has 1 aromatic heterocycles. The Morgan fingerprint density at radius 3 is 2.62 bits per heavy atom. The van der Waals surface area contributed by atoms with Crippen LogP contribution in [0.15, 0.2) is 37.1 Å². The van der Waals surface area contributed by atoms with Crippen LogP contribution in [-0.4, -0.2) is 9.78 Å². The van der Waals surface area contributed by atoms with E-state index in [9.17, 15) is 0 Å². The Morgan fingerprint density at radius 1 is 1.31 bits per heavy atom. The van der Waals surface area contributed by atoms with E-state index < -0.39 is 0 Å². The van der Waals surface area contributed by atoms with E-state index in [2.05, 4.69) is 11.7 Å². The van der Waals surface area contributed by atoms with Crippen molar-refractivity contribution in [1.29, 1.82) is 0 Å². The molecule has 0 fully saturated rings. The SMILES string of the molecule is C=CCn1ncc2cc(N)ccc21.Cl.Cl.Cl. The molecule has 1 aromatic carbocycles. The predicted octanol–water partition coefficient (Wildman–Crippen LogP) is 3.07. The molecule has 0 unspecified atom stereocenters. The van der Waals surface area contributed by atoms with E-state index in [1.54, 1.807) is 0 Å². The van der Waals surface area contributed by atoms with Gasteiger partial charge in [0.15, 0.2) is 0 Å². The number of hydrogen-bond donors (Lipinski definition) is 1. The Kier molecular flexibility index (Phi) is 8.08. The van der Waals surface area contributed by atoms with Crippen LogP contribution in [0.3, 0.4) is 0 Å². The maximum absolute atomic E-state index is 5.65. The van der Waals surface area contributed by atoms with Gasteiger partial charge in [0.2, 0.25) is 0 Å². The highest BCUT2D eigenvalue weighted by atomic mass is 35.5. The van der Waals surface area contributed by atoms with Gasteiger partial charge in [-0.15, -0.1) is 43.8 Å². The molecule has 2 aromatic rings. The van der Waals surface area contributed by atoms with Gasteiger partial charge in [0.05, 0.1) is 18.3 Å². The second kappa shape index (κ2) is 7.39. The van der Waals surface area contributed by atoms with Crippen LogP contribution in [-0.2, 0) is 6.54 Å². The molecule has 2 N–H and O–H groups in total. The summed E-state index contributed by atoms with van der Waals surface area (Å²) >= 11 is 0. The Bertz CT molecular complexity index is 454. The van der Waals surface area contributed by atoms with Crippen LogP contribution >= 0.6 is 37.2 Å². The van der Waals surface area contributed by atoms with Crippen molar-refractivity contribution in [2.24, 2.45) is 0 Å². The van der Waals surface area contributed by atoms with E-state index in [-0.39, 0.29) is 37.2 Å². The molecular formula is C10H14Cl3N3. The molecule has 90 valence electrons. The molecule has 0 aliphatic rings. The van der Waals surface area contributed by atoms with Gasteiger partial charge in [0.1, 0.15) is 0 Å². The number of anilines is 1. The average Bonchev–Trinajstić information content (AvgIpc) is 2.49. The monoisotopic (exact) mass is 281 g/mol. The molecule has 3 nitrogen and oxygen atoms in total. The number of nitrogens with two attached hydrogens (primary N) is 1. The zero-order valence-electron chi connectivity index (χ0n) is 8.50. The van der Waals surface area contributed by atoms with E-state index in [0.717, 1.165) is 23.1 Å². The van der Waals surface area contributed by atoms with Gasteiger partial charge in [-0.1, -0.05) is 6.08 Å². The van der Waals surface area contributed by atoms with Crippen molar-refractivity contribution in [3.8, 4) is 0 Å². The smallest absolute Gasteiger partial charge is 0.0687 e. The number of benzene rings is 1. The number of nitrogen functional groups attached to an aromatic ring is 1. The van der Waals surface area contributed by atoms with Gasteiger partial charge in [0, 0.05) is 11.1 Å². The van der Waals surface area contributed by atoms with Gasteiger partial charge in [-0.05, 0) is 18.2 Å². The number of allylic oxidation sites excluding steroid dienone is 1. The highest BCUT2D eigenvalue weighted by Crippen LogP contribution is 2.16. The van der Waals surface area contributed by atoms with Gasteiger partial charge in [0.25, 0.3) is 0 Å². The largest absolute Gasteiger partial charge is 0.399 e. The lowest BCUT2D eigenvalue weighted by molar-refractivity contribution is 0.729. The third kappa shape index (κ3) is 3.30. The van der Waals surface area contributed by atoms with Crippen molar-refractivity contribution >= 4 is 53.8 Å². The van der Waals surface area contributed by atoms with Crippen LogP contribution in [0.1, 0.15) is 0 Å². The Morgan fingerprint density at radius 2 is 2.00 bits per heavy atom. The molecule has 6 heteroatoms. The summed E-state index contributed by atoms with van der Waals surface area (Å²) in [4.78, 5) is 0.